The zero-order valence-electron chi connectivity index (χ0n) is 10.6. The van der Waals surface area contributed by atoms with Gasteiger partial charge in [-0.1, -0.05) is 13.3 Å². The molecule has 0 aromatic carbocycles. The summed E-state index contributed by atoms with van der Waals surface area (Å²) in [6.45, 7) is 4.87. The first-order chi connectivity index (χ1) is 7.81. The Hall–Kier alpha value is -0.0800. The van der Waals surface area contributed by atoms with Gasteiger partial charge in [0, 0.05) is 18.6 Å². The van der Waals surface area contributed by atoms with Crippen molar-refractivity contribution in [2.45, 2.75) is 64.0 Å². The van der Waals surface area contributed by atoms with Crippen molar-refractivity contribution in [2.24, 2.45) is 11.3 Å². The number of hydrogen-bond donors (Lipinski definition) is 2. The Bertz CT molecular complexity index is 247. The standard InChI is InChI=1S/C14H26N2/c1-2-5-14(6-7-14)10-15-9-11-8-12-3-4-13(11)16-12/h11-13,15-16H,2-10H2,1H3. The van der Waals surface area contributed by atoms with Crippen LogP contribution in [0.2, 0.25) is 0 Å². The van der Waals surface area contributed by atoms with E-state index in [0.717, 1.165) is 23.4 Å². The lowest BCUT2D eigenvalue weighted by atomic mass is 9.89. The summed E-state index contributed by atoms with van der Waals surface area (Å²) in [5.41, 5.74) is 0.722. The third-order valence-electron chi connectivity index (χ3n) is 5.08. The van der Waals surface area contributed by atoms with Crippen LogP contribution in [-0.4, -0.2) is 25.2 Å². The largest absolute Gasteiger partial charge is 0.316 e. The summed E-state index contributed by atoms with van der Waals surface area (Å²) >= 11 is 0. The van der Waals surface area contributed by atoms with Crippen LogP contribution in [0.5, 0.6) is 0 Å². The van der Waals surface area contributed by atoms with Gasteiger partial charge in [-0.3, -0.25) is 0 Å². The number of hydrogen-bond acceptors (Lipinski definition) is 2. The van der Waals surface area contributed by atoms with Gasteiger partial charge in [-0.05, 0) is 56.4 Å². The quantitative estimate of drug-likeness (QED) is 0.720. The van der Waals surface area contributed by atoms with E-state index in [2.05, 4.69) is 17.6 Å². The number of nitrogens with one attached hydrogen (secondary N) is 2. The lowest BCUT2D eigenvalue weighted by Crippen LogP contribution is -2.34. The first kappa shape index (κ1) is 11.0. The zero-order valence-corrected chi connectivity index (χ0v) is 10.6. The Morgan fingerprint density at radius 3 is 2.75 bits per heavy atom. The van der Waals surface area contributed by atoms with Gasteiger partial charge in [-0.15, -0.1) is 0 Å². The van der Waals surface area contributed by atoms with Crippen LogP contribution in [0.1, 0.15) is 51.9 Å². The summed E-state index contributed by atoms with van der Waals surface area (Å²) in [5, 5.41) is 7.49. The van der Waals surface area contributed by atoms with Gasteiger partial charge in [-0.25, -0.2) is 0 Å². The molecule has 92 valence electrons. The Balaban J connectivity index is 1.38. The second kappa shape index (κ2) is 4.30. The van der Waals surface area contributed by atoms with Crippen molar-refractivity contribution < 1.29 is 0 Å². The maximum atomic E-state index is 3.76. The van der Waals surface area contributed by atoms with Crippen LogP contribution in [0.15, 0.2) is 0 Å². The average Bonchev–Trinajstić information content (AvgIpc) is 2.75. The van der Waals surface area contributed by atoms with Gasteiger partial charge in [0.2, 0.25) is 0 Å². The second-order valence-corrected chi connectivity index (χ2v) is 6.42. The highest BCUT2D eigenvalue weighted by molar-refractivity contribution is 4.99. The highest BCUT2D eigenvalue weighted by atomic mass is 15.0. The van der Waals surface area contributed by atoms with Crippen molar-refractivity contribution in [3.05, 3.63) is 0 Å². The average molecular weight is 222 g/mol. The van der Waals surface area contributed by atoms with Crippen molar-refractivity contribution in [3.63, 3.8) is 0 Å². The summed E-state index contributed by atoms with van der Waals surface area (Å²) in [6.07, 6.45) is 10.0. The zero-order chi connectivity index (χ0) is 11.0. The third kappa shape index (κ3) is 2.14. The first-order valence-corrected chi connectivity index (χ1v) is 7.28. The van der Waals surface area contributed by atoms with E-state index in [1.807, 2.05) is 0 Å². The summed E-state index contributed by atoms with van der Waals surface area (Å²) < 4.78 is 0. The molecule has 0 spiro atoms. The van der Waals surface area contributed by atoms with E-state index in [4.69, 9.17) is 0 Å². The topological polar surface area (TPSA) is 24.1 Å². The minimum absolute atomic E-state index is 0.722. The first-order valence-electron chi connectivity index (χ1n) is 7.28. The highest BCUT2D eigenvalue weighted by Crippen LogP contribution is 2.49. The summed E-state index contributed by atoms with van der Waals surface area (Å²) in [6, 6.07) is 1.71. The minimum atomic E-state index is 0.722. The Labute approximate surface area is 99.6 Å². The van der Waals surface area contributed by atoms with E-state index in [9.17, 15) is 0 Å². The highest BCUT2D eigenvalue weighted by Gasteiger charge is 2.42. The van der Waals surface area contributed by atoms with E-state index in [1.54, 1.807) is 0 Å². The predicted octanol–water partition coefficient (Wildman–Crippen LogP) is 2.30. The van der Waals surface area contributed by atoms with Crippen molar-refractivity contribution in [3.8, 4) is 0 Å². The predicted molar refractivity (Wildman–Crippen MR) is 67.5 cm³/mol. The number of rotatable bonds is 6. The van der Waals surface area contributed by atoms with Crippen LogP contribution >= 0.6 is 0 Å². The maximum Gasteiger partial charge on any atom is 0.0111 e. The molecule has 2 bridgehead atoms. The summed E-state index contributed by atoms with van der Waals surface area (Å²) in [4.78, 5) is 0. The van der Waals surface area contributed by atoms with E-state index in [0.29, 0.717) is 0 Å². The fourth-order valence-corrected chi connectivity index (χ4v) is 3.91. The monoisotopic (exact) mass is 222 g/mol. The summed E-state index contributed by atoms with van der Waals surface area (Å²) in [5.74, 6) is 0.927. The molecule has 2 heterocycles. The molecular weight excluding hydrogens is 196 g/mol. The molecule has 1 saturated carbocycles. The van der Waals surface area contributed by atoms with Crippen LogP contribution in [0.25, 0.3) is 0 Å². The lowest BCUT2D eigenvalue weighted by molar-refractivity contribution is 0.351. The molecule has 0 aromatic rings. The molecule has 2 heteroatoms. The molecule has 3 aliphatic rings. The minimum Gasteiger partial charge on any atom is -0.316 e. The molecule has 2 aliphatic heterocycles. The Morgan fingerprint density at radius 2 is 2.19 bits per heavy atom. The van der Waals surface area contributed by atoms with Gasteiger partial charge in [0.25, 0.3) is 0 Å². The van der Waals surface area contributed by atoms with Gasteiger partial charge in [-0.2, -0.15) is 0 Å². The van der Waals surface area contributed by atoms with E-state index in [-0.39, 0.29) is 0 Å². The smallest absolute Gasteiger partial charge is 0.0111 e. The molecular formula is C14H26N2. The molecule has 2 saturated heterocycles. The molecule has 0 aromatic heterocycles. The van der Waals surface area contributed by atoms with Gasteiger partial charge >= 0.3 is 0 Å². The molecule has 3 atom stereocenters. The third-order valence-corrected chi connectivity index (χ3v) is 5.08. The molecule has 2 nitrogen and oxygen atoms in total. The van der Waals surface area contributed by atoms with Gasteiger partial charge in [0.1, 0.15) is 0 Å². The Morgan fingerprint density at radius 1 is 1.31 bits per heavy atom. The molecule has 3 rings (SSSR count). The molecule has 3 unspecified atom stereocenters. The number of fused-ring (bicyclic) bond motifs is 2. The molecule has 0 radical (unpaired) electrons. The van der Waals surface area contributed by atoms with E-state index < -0.39 is 0 Å². The molecule has 1 aliphatic carbocycles. The van der Waals surface area contributed by atoms with E-state index >= 15 is 0 Å². The van der Waals surface area contributed by atoms with Gasteiger partial charge in [0.05, 0.1) is 0 Å². The SMILES string of the molecule is CCCC1(CNCC2CC3CCC2N3)CC1. The molecule has 16 heavy (non-hydrogen) atoms. The van der Waals surface area contributed by atoms with Crippen LogP contribution in [0, 0.1) is 11.3 Å². The van der Waals surface area contributed by atoms with Crippen molar-refractivity contribution in [2.75, 3.05) is 13.1 Å². The van der Waals surface area contributed by atoms with Crippen LogP contribution in [-0.2, 0) is 0 Å². The van der Waals surface area contributed by atoms with Crippen LogP contribution in [0.3, 0.4) is 0 Å². The normalized spacial score (nSPS) is 39.2. The van der Waals surface area contributed by atoms with Crippen molar-refractivity contribution >= 4 is 0 Å². The van der Waals surface area contributed by atoms with Crippen LogP contribution < -0.4 is 10.6 Å². The molecule has 3 fully saturated rings. The van der Waals surface area contributed by atoms with Crippen molar-refractivity contribution in [1.29, 1.82) is 0 Å². The fourth-order valence-electron chi connectivity index (χ4n) is 3.91. The fraction of sp³-hybridized carbons (Fsp3) is 1.00. The van der Waals surface area contributed by atoms with E-state index in [1.165, 1.54) is 58.0 Å². The Kier molecular flexibility index (Phi) is 2.97. The summed E-state index contributed by atoms with van der Waals surface area (Å²) in [7, 11) is 0. The second-order valence-electron chi connectivity index (χ2n) is 6.42. The molecule has 2 N–H and O–H groups in total. The van der Waals surface area contributed by atoms with Gasteiger partial charge < -0.3 is 10.6 Å². The van der Waals surface area contributed by atoms with Crippen LogP contribution in [0.4, 0.5) is 0 Å². The van der Waals surface area contributed by atoms with Crippen molar-refractivity contribution in [1.82, 2.24) is 10.6 Å². The molecule has 0 amide bonds. The maximum absolute atomic E-state index is 3.76. The van der Waals surface area contributed by atoms with Gasteiger partial charge in [0.15, 0.2) is 0 Å². The lowest BCUT2D eigenvalue weighted by Gasteiger charge is -2.22.